The average molecular weight is 251 g/mol. The summed E-state index contributed by atoms with van der Waals surface area (Å²) >= 11 is 0. The fourth-order valence-corrected chi connectivity index (χ4v) is 1.93. The van der Waals surface area contributed by atoms with Crippen molar-refractivity contribution >= 4 is 22.3 Å². The van der Waals surface area contributed by atoms with Crippen molar-refractivity contribution in [2.45, 2.75) is 0 Å². The molecule has 0 aliphatic heterocycles. The molecule has 1 aromatic heterocycles. The highest BCUT2D eigenvalue weighted by atomic mass is 16.5. The molecule has 0 bridgehead atoms. The summed E-state index contributed by atoms with van der Waals surface area (Å²) in [6, 6.07) is 14.7. The van der Waals surface area contributed by atoms with E-state index in [0.717, 1.165) is 22.4 Å². The van der Waals surface area contributed by atoms with E-state index < -0.39 is 0 Å². The lowest BCUT2D eigenvalue weighted by Crippen LogP contribution is -1.92. The van der Waals surface area contributed by atoms with Crippen LogP contribution in [0, 0.1) is 0 Å². The summed E-state index contributed by atoms with van der Waals surface area (Å²) in [5.74, 6) is 1.45. The van der Waals surface area contributed by atoms with Gasteiger partial charge in [-0.2, -0.15) is 0 Å². The molecule has 1 heterocycles. The first kappa shape index (κ1) is 11.3. The van der Waals surface area contributed by atoms with Crippen LogP contribution in [0.4, 0.5) is 11.4 Å². The van der Waals surface area contributed by atoms with Crippen LogP contribution in [0.25, 0.3) is 10.9 Å². The second kappa shape index (κ2) is 4.49. The van der Waals surface area contributed by atoms with E-state index in [-0.39, 0.29) is 0 Å². The molecule has 0 saturated heterocycles. The molecule has 3 aromatic rings. The molecule has 4 N–H and O–H groups in total. The number of nitrogens with two attached hydrogens (primary N) is 2. The highest BCUT2D eigenvalue weighted by Crippen LogP contribution is 2.31. The number of anilines is 2. The lowest BCUT2D eigenvalue weighted by molar-refractivity contribution is 0.488. The Kier molecular flexibility index (Phi) is 2.68. The summed E-state index contributed by atoms with van der Waals surface area (Å²) in [6.45, 7) is 0. The molecule has 0 radical (unpaired) electrons. The maximum Gasteiger partial charge on any atom is 0.138 e. The predicted octanol–water partition coefficient (Wildman–Crippen LogP) is 3.19. The molecule has 0 spiro atoms. The molecule has 0 fully saturated rings. The third-order valence-corrected chi connectivity index (χ3v) is 2.87. The van der Waals surface area contributed by atoms with Crippen molar-refractivity contribution in [1.82, 2.24) is 4.98 Å². The maximum absolute atomic E-state index is 5.90. The van der Waals surface area contributed by atoms with Crippen molar-refractivity contribution in [2.75, 3.05) is 11.5 Å². The van der Waals surface area contributed by atoms with Gasteiger partial charge in [0, 0.05) is 17.3 Å². The zero-order valence-electron chi connectivity index (χ0n) is 10.2. The number of aromatic nitrogens is 1. The first-order chi connectivity index (χ1) is 9.24. The monoisotopic (exact) mass is 251 g/mol. The second-order valence-electron chi connectivity index (χ2n) is 4.22. The number of nitrogens with zero attached hydrogens (tertiary/aromatic N) is 1. The zero-order valence-corrected chi connectivity index (χ0v) is 10.2. The molecule has 4 heteroatoms. The molecular weight excluding hydrogens is 238 g/mol. The molecule has 19 heavy (non-hydrogen) atoms. The Hall–Kier alpha value is -2.75. The average Bonchev–Trinajstić information content (AvgIpc) is 2.43. The van der Waals surface area contributed by atoms with E-state index in [4.69, 9.17) is 16.2 Å². The Labute approximate surface area is 110 Å². The standard InChI is InChI=1S/C15H13N3O/c16-10-4-6-11(7-5-10)19-14-8-9-18-15-12(14)2-1-3-13(15)17/h1-9H,16-17H2. The molecule has 0 amide bonds. The zero-order chi connectivity index (χ0) is 13.2. The molecule has 3 rings (SSSR count). The van der Waals surface area contributed by atoms with Crippen molar-refractivity contribution in [2.24, 2.45) is 0 Å². The Morgan fingerprint density at radius 3 is 2.47 bits per heavy atom. The SMILES string of the molecule is Nc1ccc(Oc2ccnc3c(N)cccc23)cc1. The minimum Gasteiger partial charge on any atom is -0.457 e. The molecular formula is C15H13N3O. The molecule has 94 valence electrons. The number of ether oxygens (including phenoxy) is 1. The number of pyridine rings is 1. The number of rotatable bonds is 2. The Balaban J connectivity index is 2.06. The van der Waals surface area contributed by atoms with Gasteiger partial charge in [-0.1, -0.05) is 6.07 Å². The summed E-state index contributed by atoms with van der Waals surface area (Å²) in [5.41, 5.74) is 13.6. The topological polar surface area (TPSA) is 74.2 Å². The maximum atomic E-state index is 5.90. The first-order valence-electron chi connectivity index (χ1n) is 5.90. The minimum atomic E-state index is 0.639. The number of fused-ring (bicyclic) bond motifs is 1. The fraction of sp³-hybridized carbons (Fsp3) is 0. The summed E-state index contributed by atoms with van der Waals surface area (Å²) in [7, 11) is 0. The van der Waals surface area contributed by atoms with Crippen molar-refractivity contribution in [3.8, 4) is 11.5 Å². The molecule has 0 aliphatic carbocycles. The number of hydrogen-bond donors (Lipinski definition) is 2. The van der Waals surface area contributed by atoms with Gasteiger partial charge in [-0.3, -0.25) is 4.98 Å². The van der Waals surface area contributed by atoms with Crippen molar-refractivity contribution in [3.05, 3.63) is 54.7 Å². The van der Waals surface area contributed by atoms with Gasteiger partial charge < -0.3 is 16.2 Å². The normalized spacial score (nSPS) is 10.5. The van der Waals surface area contributed by atoms with Gasteiger partial charge in [0.2, 0.25) is 0 Å². The van der Waals surface area contributed by atoms with E-state index in [9.17, 15) is 0 Å². The quantitative estimate of drug-likeness (QED) is 0.686. The lowest BCUT2D eigenvalue weighted by Gasteiger charge is -2.09. The third kappa shape index (κ3) is 2.15. The van der Waals surface area contributed by atoms with Crippen LogP contribution in [0.1, 0.15) is 0 Å². The molecule has 4 nitrogen and oxygen atoms in total. The van der Waals surface area contributed by atoms with Crippen LogP contribution >= 0.6 is 0 Å². The summed E-state index contributed by atoms with van der Waals surface area (Å²) in [6.07, 6.45) is 1.69. The molecule has 0 atom stereocenters. The van der Waals surface area contributed by atoms with Crippen molar-refractivity contribution in [1.29, 1.82) is 0 Å². The molecule has 0 saturated carbocycles. The van der Waals surface area contributed by atoms with Gasteiger partial charge >= 0.3 is 0 Å². The summed E-state index contributed by atoms with van der Waals surface area (Å²) in [4.78, 5) is 4.27. The fourth-order valence-electron chi connectivity index (χ4n) is 1.93. The van der Waals surface area contributed by atoms with E-state index in [0.29, 0.717) is 11.4 Å². The van der Waals surface area contributed by atoms with Crippen LogP contribution in [0.5, 0.6) is 11.5 Å². The van der Waals surface area contributed by atoms with Crippen LogP contribution in [0.3, 0.4) is 0 Å². The second-order valence-corrected chi connectivity index (χ2v) is 4.22. The lowest BCUT2D eigenvalue weighted by atomic mass is 10.2. The van der Waals surface area contributed by atoms with E-state index >= 15 is 0 Å². The number of nitrogen functional groups attached to an aromatic ring is 2. The van der Waals surface area contributed by atoms with Crippen LogP contribution in [-0.2, 0) is 0 Å². The van der Waals surface area contributed by atoms with Gasteiger partial charge in [0.1, 0.15) is 11.5 Å². The van der Waals surface area contributed by atoms with Gasteiger partial charge in [0.25, 0.3) is 0 Å². The van der Waals surface area contributed by atoms with Crippen LogP contribution in [0.15, 0.2) is 54.7 Å². The molecule has 0 aliphatic rings. The van der Waals surface area contributed by atoms with E-state index in [2.05, 4.69) is 4.98 Å². The minimum absolute atomic E-state index is 0.639. The van der Waals surface area contributed by atoms with E-state index in [1.807, 2.05) is 36.4 Å². The summed E-state index contributed by atoms with van der Waals surface area (Å²) in [5, 5.41) is 0.888. The van der Waals surface area contributed by atoms with E-state index in [1.165, 1.54) is 0 Å². The third-order valence-electron chi connectivity index (χ3n) is 2.87. The van der Waals surface area contributed by atoms with Gasteiger partial charge in [0.15, 0.2) is 0 Å². The van der Waals surface area contributed by atoms with Crippen LogP contribution < -0.4 is 16.2 Å². The van der Waals surface area contributed by atoms with Crippen LogP contribution in [-0.4, -0.2) is 4.98 Å². The highest BCUT2D eigenvalue weighted by molar-refractivity contribution is 5.93. The number of hydrogen-bond acceptors (Lipinski definition) is 4. The first-order valence-corrected chi connectivity index (χ1v) is 5.90. The highest BCUT2D eigenvalue weighted by Gasteiger charge is 2.06. The Morgan fingerprint density at radius 1 is 0.895 bits per heavy atom. The predicted molar refractivity (Wildman–Crippen MR) is 77.1 cm³/mol. The van der Waals surface area contributed by atoms with Gasteiger partial charge in [0.05, 0.1) is 11.2 Å². The number of benzene rings is 2. The smallest absolute Gasteiger partial charge is 0.138 e. The van der Waals surface area contributed by atoms with Crippen molar-refractivity contribution < 1.29 is 4.74 Å². The largest absolute Gasteiger partial charge is 0.457 e. The molecule has 2 aromatic carbocycles. The van der Waals surface area contributed by atoms with Gasteiger partial charge in [-0.15, -0.1) is 0 Å². The van der Waals surface area contributed by atoms with Gasteiger partial charge in [-0.05, 0) is 42.5 Å². The molecule has 0 unspecified atom stereocenters. The van der Waals surface area contributed by atoms with E-state index in [1.54, 1.807) is 18.3 Å². The van der Waals surface area contributed by atoms with Crippen molar-refractivity contribution in [3.63, 3.8) is 0 Å². The van der Waals surface area contributed by atoms with Gasteiger partial charge in [-0.25, -0.2) is 0 Å². The Morgan fingerprint density at radius 2 is 1.68 bits per heavy atom. The number of para-hydroxylation sites is 1. The van der Waals surface area contributed by atoms with Crippen LogP contribution in [0.2, 0.25) is 0 Å². The Bertz CT molecular complexity index is 723. The summed E-state index contributed by atoms with van der Waals surface area (Å²) < 4.78 is 5.85.